The Kier molecular flexibility index (Phi) is 4.49. The molecule has 0 fully saturated rings. The van der Waals surface area contributed by atoms with Crippen molar-refractivity contribution in [2.75, 3.05) is 0 Å². The van der Waals surface area contributed by atoms with E-state index in [1.54, 1.807) is 0 Å². The molecule has 0 saturated carbocycles. The van der Waals surface area contributed by atoms with E-state index in [-0.39, 0.29) is 0 Å². The van der Waals surface area contributed by atoms with Gasteiger partial charge in [-0.2, -0.15) is 0 Å². The van der Waals surface area contributed by atoms with Crippen molar-refractivity contribution in [1.82, 2.24) is 19.1 Å². The molecule has 0 bridgehead atoms. The van der Waals surface area contributed by atoms with Crippen LogP contribution in [0.4, 0.5) is 0 Å². The number of fused-ring (bicyclic) bond motifs is 6. The van der Waals surface area contributed by atoms with E-state index in [0.717, 1.165) is 45.1 Å². The quantitative estimate of drug-likeness (QED) is 0.252. The summed E-state index contributed by atoms with van der Waals surface area (Å²) in [5.41, 5.74) is 6.25. The molecule has 0 aliphatic heterocycles. The Morgan fingerprint density at radius 1 is 0.316 bits per heavy atom. The number of aromatic nitrogens is 4. The van der Waals surface area contributed by atoms with E-state index >= 15 is 0 Å². The van der Waals surface area contributed by atoms with Gasteiger partial charge in [0.15, 0.2) is 0 Å². The smallest absolute Gasteiger partial charge is 0.138 e. The van der Waals surface area contributed by atoms with Crippen LogP contribution >= 0.6 is 0 Å². The van der Waals surface area contributed by atoms with Crippen molar-refractivity contribution in [3.05, 3.63) is 133 Å². The molecule has 38 heavy (non-hydrogen) atoms. The Balaban J connectivity index is 1.32. The summed E-state index contributed by atoms with van der Waals surface area (Å²) in [6.45, 7) is 0. The topological polar surface area (TPSA) is 35.6 Å². The first-order chi connectivity index (χ1) is 18.9. The first-order valence-electron chi connectivity index (χ1n) is 12.8. The van der Waals surface area contributed by atoms with E-state index in [4.69, 9.17) is 9.97 Å². The van der Waals surface area contributed by atoms with Crippen molar-refractivity contribution in [3.8, 4) is 23.0 Å². The Hall–Kier alpha value is -5.22. The van der Waals surface area contributed by atoms with Gasteiger partial charge in [-0.25, -0.2) is 9.97 Å². The van der Waals surface area contributed by atoms with Gasteiger partial charge in [0.1, 0.15) is 11.6 Å². The maximum atomic E-state index is 5.12. The first kappa shape index (κ1) is 20.9. The number of para-hydroxylation sites is 4. The standard InChI is InChI=1S/C34H22N4/c1-5-17-29-23(11-1)24-12-2-6-18-30(24)37(29)33-21-9-15-27(35-33)28-16-10-22-34(36-28)38-31-19-7-3-13-25(31)26-14-4-8-20-32(26)38/h1-22H. The minimum Gasteiger partial charge on any atom is -0.294 e. The van der Waals surface area contributed by atoms with Crippen LogP contribution in [-0.4, -0.2) is 19.1 Å². The fourth-order valence-electron chi connectivity index (χ4n) is 5.72. The highest BCUT2D eigenvalue weighted by atomic mass is 15.1. The highest BCUT2D eigenvalue weighted by Crippen LogP contribution is 2.33. The van der Waals surface area contributed by atoms with Crippen LogP contribution in [-0.2, 0) is 0 Å². The largest absolute Gasteiger partial charge is 0.294 e. The van der Waals surface area contributed by atoms with Gasteiger partial charge in [0.05, 0.1) is 33.5 Å². The lowest BCUT2D eigenvalue weighted by atomic mass is 10.2. The van der Waals surface area contributed by atoms with Crippen molar-refractivity contribution in [1.29, 1.82) is 0 Å². The van der Waals surface area contributed by atoms with Gasteiger partial charge >= 0.3 is 0 Å². The summed E-state index contributed by atoms with van der Waals surface area (Å²) >= 11 is 0. The molecule has 4 aromatic heterocycles. The van der Waals surface area contributed by atoms with Crippen molar-refractivity contribution < 1.29 is 0 Å². The zero-order valence-corrected chi connectivity index (χ0v) is 20.5. The van der Waals surface area contributed by atoms with E-state index in [0.29, 0.717) is 0 Å². The van der Waals surface area contributed by atoms with Gasteiger partial charge in [-0.1, -0.05) is 84.9 Å². The van der Waals surface area contributed by atoms with E-state index in [9.17, 15) is 0 Å². The lowest BCUT2D eigenvalue weighted by Crippen LogP contribution is -2.01. The highest BCUT2D eigenvalue weighted by Gasteiger charge is 2.15. The van der Waals surface area contributed by atoms with Crippen molar-refractivity contribution in [2.24, 2.45) is 0 Å². The predicted molar refractivity (Wildman–Crippen MR) is 156 cm³/mol. The Bertz CT molecular complexity index is 1890. The molecule has 0 spiro atoms. The lowest BCUT2D eigenvalue weighted by Gasteiger charge is -2.11. The fourth-order valence-corrected chi connectivity index (χ4v) is 5.72. The second kappa shape index (κ2) is 8.15. The average Bonchev–Trinajstić information content (AvgIpc) is 3.51. The molecule has 4 nitrogen and oxygen atoms in total. The summed E-state index contributed by atoms with van der Waals surface area (Å²) in [6.07, 6.45) is 0. The monoisotopic (exact) mass is 486 g/mol. The van der Waals surface area contributed by atoms with Gasteiger partial charge in [0.25, 0.3) is 0 Å². The van der Waals surface area contributed by atoms with Gasteiger partial charge in [-0.3, -0.25) is 9.13 Å². The van der Waals surface area contributed by atoms with Crippen molar-refractivity contribution in [2.45, 2.75) is 0 Å². The Labute approximate surface area is 219 Å². The van der Waals surface area contributed by atoms with Crippen LogP contribution in [0.25, 0.3) is 66.6 Å². The summed E-state index contributed by atoms with van der Waals surface area (Å²) in [4.78, 5) is 10.2. The minimum atomic E-state index is 0.840. The van der Waals surface area contributed by atoms with E-state index in [2.05, 4.69) is 130 Å². The SMILES string of the molecule is c1cc(-c2cccc(-n3c4ccccc4c4ccccc43)n2)nc(-n2c3ccccc3c3ccccc32)c1. The molecule has 8 rings (SSSR count). The molecule has 4 aromatic carbocycles. The van der Waals surface area contributed by atoms with Gasteiger partial charge < -0.3 is 0 Å². The van der Waals surface area contributed by atoms with Crippen LogP contribution in [0.1, 0.15) is 0 Å². The first-order valence-corrected chi connectivity index (χ1v) is 12.8. The number of rotatable bonds is 3. The third kappa shape index (κ3) is 3.04. The minimum absolute atomic E-state index is 0.840. The summed E-state index contributed by atoms with van der Waals surface area (Å²) in [5, 5.41) is 4.90. The molecule has 4 heteroatoms. The zero-order valence-electron chi connectivity index (χ0n) is 20.5. The number of nitrogens with zero attached hydrogens (tertiary/aromatic N) is 4. The molecule has 178 valence electrons. The molecule has 4 heterocycles. The maximum Gasteiger partial charge on any atom is 0.138 e. The zero-order chi connectivity index (χ0) is 25.1. The molecule has 0 aliphatic carbocycles. The summed E-state index contributed by atoms with van der Waals surface area (Å²) in [7, 11) is 0. The van der Waals surface area contributed by atoms with E-state index in [1.807, 2.05) is 12.1 Å². The lowest BCUT2D eigenvalue weighted by molar-refractivity contribution is 1.06. The molecular formula is C34H22N4. The van der Waals surface area contributed by atoms with Gasteiger partial charge in [-0.05, 0) is 48.5 Å². The van der Waals surface area contributed by atoms with Crippen LogP contribution in [0.2, 0.25) is 0 Å². The van der Waals surface area contributed by atoms with Gasteiger partial charge in [0.2, 0.25) is 0 Å². The van der Waals surface area contributed by atoms with Crippen LogP contribution in [0.3, 0.4) is 0 Å². The van der Waals surface area contributed by atoms with E-state index < -0.39 is 0 Å². The molecule has 0 saturated heterocycles. The maximum absolute atomic E-state index is 5.12. The molecule has 8 aromatic rings. The van der Waals surface area contributed by atoms with Crippen LogP contribution in [0, 0.1) is 0 Å². The normalized spacial score (nSPS) is 11.7. The summed E-state index contributed by atoms with van der Waals surface area (Å²) < 4.78 is 4.48. The number of pyridine rings is 2. The average molecular weight is 487 g/mol. The molecule has 0 aliphatic rings. The molecule has 0 amide bonds. The highest BCUT2D eigenvalue weighted by molar-refractivity contribution is 6.10. The number of hydrogen-bond donors (Lipinski definition) is 0. The van der Waals surface area contributed by atoms with Gasteiger partial charge in [-0.15, -0.1) is 0 Å². The molecule has 0 atom stereocenters. The second-order valence-electron chi connectivity index (χ2n) is 9.50. The van der Waals surface area contributed by atoms with Crippen LogP contribution in [0.5, 0.6) is 0 Å². The third-order valence-electron chi connectivity index (χ3n) is 7.35. The summed E-state index contributed by atoms with van der Waals surface area (Å²) in [6, 6.07) is 46.4. The third-order valence-corrected chi connectivity index (χ3v) is 7.35. The second-order valence-corrected chi connectivity index (χ2v) is 9.50. The van der Waals surface area contributed by atoms with Crippen molar-refractivity contribution >= 4 is 43.6 Å². The van der Waals surface area contributed by atoms with Gasteiger partial charge in [0, 0.05) is 21.5 Å². The van der Waals surface area contributed by atoms with Crippen molar-refractivity contribution in [3.63, 3.8) is 0 Å². The molecule has 0 unspecified atom stereocenters. The number of benzene rings is 4. The Morgan fingerprint density at radius 2 is 0.632 bits per heavy atom. The molecular weight excluding hydrogens is 464 g/mol. The molecule has 0 radical (unpaired) electrons. The number of hydrogen-bond acceptors (Lipinski definition) is 2. The predicted octanol–water partition coefficient (Wildman–Crippen LogP) is 8.34. The molecule has 0 N–H and O–H groups in total. The van der Waals surface area contributed by atoms with Crippen LogP contribution < -0.4 is 0 Å². The van der Waals surface area contributed by atoms with E-state index in [1.165, 1.54) is 21.5 Å². The summed E-state index contributed by atoms with van der Waals surface area (Å²) in [5.74, 6) is 1.76. The Morgan fingerprint density at radius 3 is 0.974 bits per heavy atom. The fraction of sp³-hybridized carbons (Fsp3) is 0. The van der Waals surface area contributed by atoms with Crippen LogP contribution in [0.15, 0.2) is 133 Å².